The van der Waals surface area contributed by atoms with E-state index in [1.54, 1.807) is 0 Å². The van der Waals surface area contributed by atoms with Crippen LogP contribution in [0.2, 0.25) is 0 Å². The first kappa shape index (κ1) is 14.2. The third-order valence-electron chi connectivity index (χ3n) is 2.62. The van der Waals surface area contributed by atoms with Crippen molar-refractivity contribution in [3.63, 3.8) is 0 Å². The van der Waals surface area contributed by atoms with Crippen molar-refractivity contribution in [3.05, 3.63) is 36.2 Å². The van der Waals surface area contributed by atoms with Gasteiger partial charge in [-0.15, -0.1) is 10.2 Å². The molecule has 20 heavy (non-hydrogen) atoms. The van der Waals surface area contributed by atoms with Crippen LogP contribution in [0.3, 0.4) is 0 Å². The molecule has 1 amide bonds. The summed E-state index contributed by atoms with van der Waals surface area (Å²) in [6.07, 6.45) is 0.926. The van der Waals surface area contributed by atoms with E-state index in [2.05, 4.69) is 20.8 Å². The van der Waals surface area contributed by atoms with E-state index in [0.29, 0.717) is 24.9 Å². The van der Waals surface area contributed by atoms with E-state index in [1.165, 1.54) is 0 Å². The summed E-state index contributed by atoms with van der Waals surface area (Å²) in [5.74, 6) is 0.916. The smallest absolute Gasteiger partial charge is 0.247 e. The van der Waals surface area contributed by atoms with Crippen molar-refractivity contribution in [2.24, 2.45) is 0 Å². The number of carbonyl (C=O) groups is 1. The highest BCUT2D eigenvalue weighted by Crippen LogP contribution is 2.16. The minimum atomic E-state index is -0.0327. The van der Waals surface area contributed by atoms with Crippen molar-refractivity contribution in [2.75, 3.05) is 13.1 Å². The highest BCUT2D eigenvalue weighted by Gasteiger charge is 2.08. The third kappa shape index (κ3) is 4.17. The van der Waals surface area contributed by atoms with E-state index >= 15 is 0 Å². The van der Waals surface area contributed by atoms with Crippen molar-refractivity contribution in [1.29, 1.82) is 0 Å². The van der Waals surface area contributed by atoms with Crippen LogP contribution in [0, 0.1) is 0 Å². The van der Waals surface area contributed by atoms with Crippen molar-refractivity contribution in [1.82, 2.24) is 20.8 Å². The quantitative estimate of drug-likeness (QED) is 0.796. The Bertz CT molecular complexity index is 539. The van der Waals surface area contributed by atoms with Gasteiger partial charge in [-0.1, -0.05) is 25.1 Å². The molecule has 0 radical (unpaired) electrons. The van der Waals surface area contributed by atoms with Gasteiger partial charge in [0.15, 0.2) is 0 Å². The first-order valence-corrected chi connectivity index (χ1v) is 6.65. The zero-order valence-corrected chi connectivity index (χ0v) is 11.4. The molecule has 2 aromatic rings. The average molecular weight is 274 g/mol. The Labute approximate surface area is 117 Å². The molecule has 0 fully saturated rings. The summed E-state index contributed by atoms with van der Waals surface area (Å²) in [4.78, 5) is 11.4. The van der Waals surface area contributed by atoms with Crippen LogP contribution in [-0.2, 0) is 11.3 Å². The number of nitrogens with zero attached hydrogens (tertiary/aromatic N) is 2. The molecule has 6 heteroatoms. The molecule has 0 atom stereocenters. The predicted molar refractivity (Wildman–Crippen MR) is 74.7 cm³/mol. The standard InChI is InChI=1S/C14H18N4O2/c1-2-8-16-12(19)9-15-10-13-17-18-14(20-13)11-6-4-3-5-7-11/h3-7,15H,2,8-10H2,1H3,(H,16,19). The summed E-state index contributed by atoms with van der Waals surface area (Å²) < 4.78 is 5.52. The van der Waals surface area contributed by atoms with Gasteiger partial charge >= 0.3 is 0 Å². The monoisotopic (exact) mass is 274 g/mol. The molecule has 0 spiro atoms. The number of hydrogen-bond donors (Lipinski definition) is 2. The lowest BCUT2D eigenvalue weighted by Crippen LogP contribution is -2.33. The largest absolute Gasteiger partial charge is 0.419 e. The number of rotatable bonds is 7. The van der Waals surface area contributed by atoms with E-state index in [1.807, 2.05) is 37.3 Å². The molecule has 0 bridgehead atoms. The van der Waals surface area contributed by atoms with Gasteiger partial charge < -0.3 is 9.73 Å². The lowest BCUT2D eigenvalue weighted by Gasteiger charge is -2.03. The van der Waals surface area contributed by atoms with E-state index < -0.39 is 0 Å². The Morgan fingerprint density at radius 3 is 2.80 bits per heavy atom. The van der Waals surface area contributed by atoms with Gasteiger partial charge in [-0.05, 0) is 18.6 Å². The van der Waals surface area contributed by atoms with Gasteiger partial charge in [-0.2, -0.15) is 0 Å². The summed E-state index contributed by atoms with van der Waals surface area (Å²) in [5.41, 5.74) is 0.881. The molecule has 1 heterocycles. The van der Waals surface area contributed by atoms with Crippen molar-refractivity contribution >= 4 is 5.91 Å². The summed E-state index contributed by atoms with van der Waals surface area (Å²) in [7, 11) is 0. The van der Waals surface area contributed by atoms with Crippen molar-refractivity contribution in [3.8, 4) is 11.5 Å². The minimum Gasteiger partial charge on any atom is -0.419 e. The Morgan fingerprint density at radius 2 is 2.05 bits per heavy atom. The number of carbonyl (C=O) groups excluding carboxylic acids is 1. The van der Waals surface area contributed by atoms with E-state index in [-0.39, 0.29) is 12.5 Å². The molecular weight excluding hydrogens is 256 g/mol. The Morgan fingerprint density at radius 1 is 1.25 bits per heavy atom. The second kappa shape index (κ2) is 7.40. The number of nitrogens with one attached hydrogen (secondary N) is 2. The number of benzene rings is 1. The molecule has 6 nitrogen and oxygen atoms in total. The van der Waals surface area contributed by atoms with Gasteiger partial charge in [0.1, 0.15) is 0 Å². The van der Waals surface area contributed by atoms with E-state index in [9.17, 15) is 4.79 Å². The van der Waals surface area contributed by atoms with Gasteiger partial charge in [-0.25, -0.2) is 0 Å². The van der Waals surface area contributed by atoms with Crippen LogP contribution < -0.4 is 10.6 Å². The molecule has 1 aromatic carbocycles. The molecule has 0 saturated heterocycles. The van der Waals surface area contributed by atoms with Crippen LogP contribution in [0.15, 0.2) is 34.7 Å². The molecule has 1 aromatic heterocycles. The van der Waals surface area contributed by atoms with Crippen LogP contribution in [0.1, 0.15) is 19.2 Å². The molecule has 106 valence electrons. The molecule has 2 N–H and O–H groups in total. The van der Waals surface area contributed by atoms with Crippen LogP contribution in [-0.4, -0.2) is 29.2 Å². The van der Waals surface area contributed by atoms with Crippen LogP contribution >= 0.6 is 0 Å². The van der Waals surface area contributed by atoms with Crippen molar-refractivity contribution < 1.29 is 9.21 Å². The third-order valence-corrected chi connectivity index (χ3v) is 2.62. The number of aromatic nitrogens is 2. The summed E-state index contributed by atoms with van der Waals surface area (Å²) in [5, 5.41) is 13.7. The second-order valence-electron chi connectivity index (χ2n) is 4.32. The maximum atomic E-state index is 11.4. The molecule has 0 aliphatic carbocycles. The minimum absolute atomic E-state index is 0.0327. The zero-order valence-electron chi connectivity index (χ0n) is 11.4. The highest BCUT2D eigenvalue weighted by atomic mass is 16.4. The molecule has 0 aliphatic heterocycles. The van der Waals surface area contributed by atoms with E-state index in [0.717, 1.165) is 12.0 Å². The summed E-state index contributed by atoms with van der Waals surface area (Å²) in [6.45, 7) is 3.32. The predicted octanol–water partition coefficient (Wildman–Crippen LogP) is 1.35. The first-order valence-electron chi connectivity index (χ1n) is 6.65. The molecule has 0 unspecified atom stereocenters. The topological polar surface area (TPSA) is 80.0 Å². The number of amides is 1. The maximum absolute atomic E-state index is 11.4. The first-order chi connectivity index (χ1) is 9.79. The molecule has 0 saturated carbocycles. The average Bonchev–Trinajstić information content (AvgIpc) is 2.95. The van der Waals surface area contributed by atoms with Gasteiger partial charge in [0.05, 0.1) is 13.1 Å². The fourth-order valence-corrected chi connectivity index (χ4v) is 1.63. The van der Waals surface area contributed by atoms with Gasteiger partial charge in [0.2, 0.25) is 17.7 Å². The van der Waals surface area contributed by atoms with Gasteiger partial charge in [-0.3, -0.25) is 10.1 Å². The second-order valence-corrected chi connectivity index (χ2v) is 4.32. The van der Waals surface area contributed by atoms with Crippen LogP contribution in [0.5, 0.6) is 0 Å². The summed E-state index contributed by atoms with van der Waals surface area (Å²) >= 11 is 0. The molecule has 0 aliphatic rings. The maximum Gasteiger partial charge on any atom is 0.247 e. The Hall–Kier alpha value is -2.21. The van der Waals surface area contributed by atoms with Gasteiger partial charge in [0.25, 0.3) is 0 Å². The number of hydrogen-bond acceptors (Lipinski definition) is 5. The Kier molecular flexibility index (Phi) is 5.25. The fraction of sp³-hybridized carbons (Fsp3) is 0.357. The summed E-state index contributed by atoms with van der Waals surface area (Å²) in [6, 6.07) is 9.56. The fourth-order valence-electron chi connectivity index (χ4n) is 1.63. The lowest BCUT2D eigenvalue weighted by atomic mass is 10.2. The highest BCUT2D eigenvalue weighted by molar-refractivity contribution is 5.77. The van der Waals surface area contributed by atoms with Gasteiger partial charge in [0, 0.05) is 12.1 Å². The van der Waals surface area contributed by atoms with Crippen molar-refractivity contribution in [2.45, 2.75) is 19.9 Å². The van der Waals surface area contributed by atoms with Crippen LogP contribution in [0.25, 0.3) is 11.5 Å². The molecule has 2 rings (SSSR count). The lowest BCUT2D eigenvalue weighted by molar-refractivity contribution is -0.120. The van der Waals surface area contributed by atoms with E-state index in [4.69, 9.17) is 4.42 Å². The van der Waals surface area contributed by atoms with Crippen LogP contribution in [0.4, 0.5) is 0 Å². The SMILES string of the molecule is CCCNC(=O)CNCc1nnc(-c2ccccc2)o1. The Balaban J connectivity index is 1.80. The normalized spacial score (nSPS) is 10.4. The molecular formula is C14H18N4O2. The zero-order chi connectivity index (χ0) is 14.2.